The molecule has 0 heterocycles. The van der Waals surface area contributed by atoms with Crippen molar-refractivity contribution in [3.8, 4) is 6.07 Å². The number of ketones is 1. The number of benzene rings is 2. The molecule has 0 amide bonds. The van der Waals surface area contributed by atoms with Crippen LogP contribution in [0.25, 0.3) is 0 Å². The number of rotatable bonds is 11. The molecule has 2 aromatic rings. The van der Waals surface area contributed by atoms with Gasteiger partial charge in [-0.3, -0.25) is 4.79 Å². The summed E-state index contributed by atoms with van der Waals surface area (Å²) in [6.07, 6.45) is 5.75. The van der Waals surface area contributed by atoms with Gasteiger partial charge in [-0.05, 0) is 73.7 Å². The normalized spacial score (nSPS) is 12.8. The van der Waals surface area contributed by atoms with E-state index in [4.69, 9.17) is 11.0 Å². The van der Waals surface area contributed by atoms with E-state index in [0.29, 0.717) is 23.2 Å². The molecular formula is C36H45F4N3O. The van der Waals surface area contributed by atoms with Crippen molar-refractivity contribution in [3.05, 3.63) is 125 Å². The van der Waals surface area contributed by atoms with E-state index >= 15 is 0 Å². The molecule has 1 unspecified atom stereocenters. The van der Waals surface area contributed by atoms with E-state index in [-0.39, 0.29) is 36.2 Å². The number of nitrogens with zero attached hydrogens (tertiary/aromatic N) is 2. The number of carbonyl (C=O) groups is 1. The molecule has 238 valence electrons. The number of carbonyl (C=O) groups excluding carboxylic acids is 1. The fourth-order valence-corrected chi connectivity index (χ4v) is 3.83. The molecule has 0 radical (unpaired) electrons. The van der Waals surface area contributed by atoms with Gasteiger partial charge in [0.1, 0.15) is 5.82 Å². The van der Waals surface area contributed by atoms with E-state index in [1.807, 2.05) is 45.1 Å². The molecular weight excluding hydrogens is 566 g/mol. The topological polar surface area (TPSA) is 70.1 Å². The van der Waals surface area contributed by atoms with E-state index in [1.54, 1.807) is 57.2 Å². The lowest BCUT2D eigenvalue weighted by Gasteiger charge is -2.23. The highest BCUT2D eigenvalue weighted by molar-refractivity contribution is 5.99. The van der Waals surface area contributed by atoms with E-state index < -0.39 is 11.7 Å². The maximum Gasteiger partial charge on any atom is 0.416 e. The van der Waals surface area contributed by atoms with Crippen molar-refractivity contribution < 1.29 is 22.4 Å². The Bertz CT molecular complexity index is 1380. The number of hydrogen-bond donors (Lipinski definition) is 1. The van der Waals surface area contributed by atoms with Crippen LogP contribution in [0.3, 0.4) is 0 Å². The first-order chi connectivity index (χ1) is 20.8. The summed E-state index contributed by atoms with van der Waals surface area (Å²) in [5.74, 6) is -0.586. The molecule has 0 aliphatic heterocycles. The summed E-state index contributed by atoms with van der Waals surface area (Å²) in [6, 6.07) is 13.0. The van der Waals surface area contributed by atoms with E-state index in [2.05, 4.69) is 6.58 Å². The second-order valence-electron chi connectivity index (χ2n) is 9.37. The van der Waals surface area contributed by atoms with Crippen molar-refractivity contribution in [3.63, 3.8) is 0 Å². The van der Waals surface area contributed by atoms with Gasteiger partial charge in [0.25, 0.3) is 0 Å². The molecule has 0 aliphatic rings. The maximum absolute atomic E-state index is 13.2. The van der Waals surface area contributed by atoms with Gasteiger partial charge in [-0.25, -0.2) is 4.39 Å². The first-order valence-electron chi connectivity index (χ1n) is 14.6. The molecule has 0 aromatic heterocycles. The number of halogens is 4. The van der Waals surface area contributed by atoms with Crippen LogP contribution in [-0.4, -0.2) is 19.0 Å². The van der Waals surface area contributed by atoms with Crippen molar-refractivity contribution in [2.45, 2.75) is 73.0 Å². The number of allylic oxidation sites excluding steroid dienone is 7. The lowest BCUT2D eigenvalue weighted by Crippen LogP contribution is -2.24. The summed E-state index contributed by atoms with van der Waals surface area (Å²) < 4.78 is 52.8. The molecule has 4 nitrogen and oxygen atoms in total. The van der Waals surface area contributed by atoms with Crippen molar-refractivity contribution in [1.29, 1.82) is 5.26 Å². The van der Waals surface area contributed by atoms with Gasteiger partial charge in [0.2, 0.25) is 0 Å². The third-order valence-electron chi connectivity index (χ3n) is 6.15. The minimum absolute atomic E-state index is 0.0473. The lowest BCUT2D eigenvalue weighted by molar-refractivity contribution is -0.115. The van der Waals surface area contributed by atoms with Crippen molar-refractivity contribution in [2.24, 2.45) is 5.73 Å². The number of likely N-dealkylation sites (N-methyl/N-ethyl adjacent to an activating group) is 1. The molecule has 8 heteroatoms. The van der Waals surface area contributed by atoms with Crippen LogP contribution < -0.4 is 10.6 Å². The van der Waals surface area contributed by atoms with Crippen LogP contribution >= 0.6 is 0 Å². The van der Waals surface area contributed by atoms with Gasteiger partial charge in [0, 0.05) is 19.2 Å². The molecule has 2 aromatic carbocycles. The van der Waals surface area contributed by atoms with Crippen molar-refractivity contribution in [1.82, 2.24) is 0 Å². The zero-order chi connectivity index (χ0) is 33.9. The molecule has 44 heavy (non-hydrogen) atoms. The van der Waals surface area contributed by atoms with Gasteiger partial charge >= 0.3 is 6.18 Å². The van der Waals surface area contributed by atoms with Crippen LogP contribution in [0.1, 0.15) is 76.6 Å². The Morgan fingerprint density at radius 2 is 1.82 bits per heavy atom. The fourth-order valence-electron chi connectivity index (χ4n) is 3.83. The van der Waals surface area contributed by atoms with Crippen LogP contribution in [0.4, 0.5) is 23.2 Å². The van der Waals surface area contributed by atoms with Crippen LogP contribution in [0.2, 0.25) is 0 Å². The Morgan fingerprint density at radius 1 is 1.16 bits per heavy atom. The molecule has 0 bridgehead atoms. The largest absolute Gasteiger partial charge is 0.416 e. The summed E-state index contributed by atoms with van der Waals surface area (Å²) in [5.41, 5.74) is 8.47. The number of hydrogen-bond acceptors (Lipinski definition) is 4. The standard InChI is InChI=1S/C19H21F3N2O.C15H18FN.C2H6/c1-4-7-15(19(20,21)22)12-17(18(25)8-5-2)24(3)16-10-6-9-14(11-16)13-23;1-4-6-7-12(5-2)15(17)13-8-9-14(16)11(3)10-13;1-2/h6-7,9-12H,4-5,8H2,1-3H3;4-10,15H,2,17H2,1,3H3;1-2H3/b15-7-,17-12-;6-4-,12-7+;. The molecule has 2 rings (SSSR count). The summed E-state index contributed by atoms with van der Waals surface area (Å²) in [7, 11) is 1.52. The first-order valence-corrected chi connectivity index (χ1v) is 14.6. The molecule has 0 fully saturated rings. The Kier molecular flexibility index (Phi) is 18.7. The minimum atomic E-state index is -4.54. The zero-order valence-corrected chi connectivity index (χ0v) is 26.8. The van der Waals surface area contributed by atoms with E-state index in [0.717, 1.165) is 23.3 Å². The van der Waals surface area contributed by atoms with Crippen LogP contribution in [0, 0.1) is 24.1 Å². The molecule has 1 atom stereocenters. The average molecular weight is 612 g/mol. The molecule has 0 saturated carbocycles. The minimum Gasteiger partial charge on any atom is -0.342 e. The van der Waals surface area contributed by atoms with Gasteiger partial charge in [-0.15, -0.1) is 0 Å². The van der Waals surface area contributed by atoms with Gasteiger partial charge in [-0.2, -0.15) is 18.4 Å². The second kappa shape index (κ2) is 20.6. The van der Waals surface area contributed by atoms with Crippen LogP contribution in [0.5, 0.6) is 0 Å². The van der Waals surface area contributed by atoms with Crippen molar-refractivity contribution in [2.75, 3.05) is 11.9 Å². The summed E-state index contributed by atoms with van der Waals surface area (Å²) in [4.78, 5) is 13.8. The van der Waals surface area contributed by atoms with E-state index in [1.165, 1.54) is 24.1 Å². The highest BCUT2D eigenvalue weighted by Gasteiger charge is 2.33. The maximum atomic E-state index is 13.2. The predicted molar refractivity (Wildman–Crippen MR) is 174 cm³/mol. The van der Waals surface area contributed by atoms with Gasteiger partial charge in [0.05, 0.1) is 28.9 Å². The number of alkyl halides is 3. The zero-order valence-electron chi connectivity index (χ0n) is 26.8. The smallest absolute Gasteiger partial charge is 0.342 e. The van der Waals surface area contributed by atoms with Gasteiger partial charge in [-0.1, -0.05) is 82.9 Å². The SMILES string of the molecule is C=C/C(=C\C=C/C)C(N)c1ccc(F)c(C)c1.CC.CC/C=C(/C=C(/C(=O)CCC)N(C)c1cccc(C#N)c1)C(F)(F)F. The highest BCUT2D eigenvalue weighted by atomic mass is 19.4. The summed E-state index contributed by atoms with van der Waals surface area (Å²) in [6.45, 7) is 14.8. The second-order valence-corrected chi connectivity index (χ2v) is 9.37. The monoisotopic (exact) mass is 611 g/mol. The van der Waals surface area contributed by atoms with Crippen molar-refractivity contribution >= 4 is 11.5 Å². The van der Waals surface area contributed by atoms with Crippen LogP contribution in [0.15, 0.2) is 102 Å². The molecule has 0 saturated heterocycles. The van der Waals surface area contributed by atoms with Gasteiger partial charge in [0.15, 0.2) is 5.78 Å². The number of nitriles is 1. The Balaban J connectivity index is 0.000000847. The number of aryl methyl sites for hydroxylation is 1. The lowest BCUT2D eigenvalue weighted by atomic mass is 9.97. The molecule has 2 N–H and O–H groups in total. The Labute approximate surface area is 260 Å². The fraction of sp³-hybridized carbons (Fsp3) is 0.333. The summed E-state index contributed by atoms with van der Waals surface area (Å²) >= 11 is 0. The molecule has 0 aliphatic carbocycles. The Hall–Kier alpha value is -4.22. The quantitative estimate of drug-likeness (QED) is 0.156. The number of anilines is 1. The van der Waals surface area contributed by atoms with Gasteiger partial charge < -0.3 is 10.6 Å². The Morgan fingerprint density at radius 3 is 2.32 bits per heavy atom. The average Bonchev–Trinajstić information content (AvgIpc) is 3.01. The highest BCUT2D eigenvalue weighted by Crippen LogP contribution is 2.30. The summed E-state index contributed by atoms with van der Waals surface area (Å²) in [5, 5.41) is 8.99. The third-order valence-corrected chi connectivity index (χ3v) is 6.15. The number of nitrogens with two attached hydrogens (primary N) is 1. The predicted octanol–water partition coefficient (Wildman–Crippen LogP) is 9.99. The third kappa shape index (κ3) is 13.0. The first kappa shape index (κ1) is 39.8. The van der Waals surface area contributed by atoms with E-state index in [9.17, 15) is 22.4 Å². The number of Topliss-reactive ketones (excluding diaryl/α,β-unsaturated/α-hetero) is 1. The van der Waals surface area contributed by atoms with Crippen LogP contribution in [-0.2, 0) is 4.79 Å². The molecule has 0 spiro atoms.